The number of amides is 1. The summed E-state index contributed by atoms with van der Waals surface area (Å²) in [7, 11) is 0. The standard InChI is InChI=1S/C16H21N3O3S2/c1-4-5-6-11(16(21)22)19-12(20)7-23-14-13-9(2)10(3)24-15(13)18-8-17-14/h8,11H,4-7H2,1-3H3,(H,19,20)(H,21,22). The second-order valence-corrected chi connectivity index (χ2v) is 7.70. The zero-order chi connectivity index (χ0) is 17.7. The lowest BCUT2D eigenvalue weighted by atomic mass is 10.1. The van der Waals surface area contributed by atoms with E-state index < -0.39 is 12.0 Å². The van der Waals surface area contributed by atoms with Gasteiger partial charge in [-0.05, 0) is 25.8 Å². The number of thioether (sulfide) groups is 1. The third-order valence-corrected chi connectivity index (χ3v) is 5.85. The molecule has 0 aromatic carbocycles. The van der Waals surface area contributed by atoms with Crippen molar-refractivity contribution in [3.05, 3.63) is 16.8 Å². The van der Waals surface area contributed by atoms with E-state index in [4.69, 9.17) is 0 Å². The maximum Gasteiger partial charge on any atom is 0.326 e. The van der Waals surface area contributed by atoms with Crippen molar-refractivity contribution in [3.8, 4) is 0 Å². The maximum atomic E-state index is 12.1. The van der Waals surface area contributed by atoms with Crippen LogP contribution in [0.4, 0.5) is 0 Å². The Labute approximate surface area is 149 Å². The van der Waals surface area contributed by atoms with Gasteiger partial charge in [-0.25, -0.2) is 14.8 Å². The Balaban J connectivity index is 2.02. The summed E-state index contributed by atoms with van der Waals surface area (Å²) >= 11 is 2.92. The van der Waals surface area contributed by atoms with Gasteiger partial charge >= 0.3 is 5.97 Å². The first kappa shape index (κ1) is 18.7. The Kier molecular flexibility index (Phi) is 6.56. The molecule has 2 rings (SSSR count). The van der Waals surface area contributed by atoms with Crippen LogP contribution in [0.5, 0.6) is 0 Å². The largest absolute Gasteiger partial charge is 0.480 e. The van der Waals surface area contributed by atoms with Gasteiger partial charge in [0.15, 0.2) is 0 Å². The molecule has 2 aromatic rings. The monoisotopic (exact) mass is 367 g/mol. The molecule has 0 radical (unpaired) electrons. The number of fused-ring (bicyclic) bond motifs is 1. The van der Waals surface area contributed by atoms with Crippen LogP contribution in [0.1, 0.15) is 36.6 Å². The van der Waals surface area contributed by atoms with Crippen molar-refractivity contribution in [1.29, 1.82) is 0 Å². The first-order valence-corrected chi connectivity index (χ1v) is 9.59. The van der Waals surface area contributed by atoms with Crippen LogP contribution in [-0.2, 0) is 9.59 Å². The van der Waals surface area contributed by atoms with Gasteiger partial charge in [-0.3, -0.25) is 4.79 Å². The van der Waals surface area contributed by atoms with Crippen LogP contribution in [-0.4, -0.2) is 38.7 Å². The van der Waals surface area contributed by atoms with Crippen molar-refractivity contribution in [3.63, 3.8) is 0 Å². The molecule has 0 bridgehead atoms. The molecule has 0 aliphatic rings. The minimum Gasteiger partial charge on any atom is -0.480 e. The molecular formula is C16H21N3O3S2. The topological polar surface area (TPSA) is 92.2 Å². The molecule has 1 atom stereocenters. The van der Waals surface area contributed by atoms with E-state index in [9.17, 15) is 14.7 Å². The summed E-state index contributed by atoms with van der Waals surface area (Å²) in [5, 5.41) is 13.5. The van der Waals surface area contributed by atoms with E-state index >= 15 is 0 Å². The molecule has 0 fully saturated rings. The first-order valence-electron chi connectivity index (χ1n) is 7.79. The SMILES string of the molecule is CCCCC(NC(=O)CSc1ncnc2sc(C)c(C)c12)C(=O)O. The fourth-order valence-corrected chi connectivity index (χ4v) is 4.22. The number of hydrogen-bond donors (Lipinski definition) is 2. The minimum atomic E-state index is -0.990. The van der Waals surface area contributed by atoms with E-state index in [1.54, 1.807) is 11.3 Å². The van der Waals surface area contributed by atoms with Gasteiger partial charge in [0.05, 0.1) is 5.75 Å². The molecule has 0 saturated carbocycles. The summed E-state index contributed by atoms with van der Waals surface area (Å²) in [6.45, 7) is 6.04. The molecule has 2 aromatic heterocycles. The van der Waals surface area contributed by atoms with Gasteiger partial charge < -0.3 is 10.4 Å². The van der Waals surface area contributed by atoms with E-state index in [0.29, 0.717) is 6.42 Å². The Morgan fingerprint density at radius 2 is 2.12 bits per heavy atom. The number of aliphatic carboxylic acids is 1. The predicted octanol–water partition coefficient (Wildman–Crippen LogP) is 3.16. The second-order valence-electron chi connectivity index (χ2n) is 5.53. The van der Waals surface area contributed by atoms with Crippen molar-refractivity contribution < 1.29 is 14.7 Å². The number of nitrogens with one attached hydrogen (secondary N) is 1. The van der Waals surface area contributed by atoms with Gasteiger partial charge in [-0.2, -0.15) is 0 Å². The fraction of sp³-hybridized carbons (Fsp3) is 0.500. The maximum absolute atomic E-state index is 12.1. The van der Waals surface area contributed by atoms with Gasteiger partial charge in [0.1, 0.15) is 22.2 Å². The molecule has 2 N–H and O–H groups in total. The van der Waals surface area contributed by atoms with Gasteiger partial charge in [-0.15, -0.1) is 11.3 Å². The summed E-state index contributed by atoms with van der Waals surface area (Å²) in [6, 6.07) is -0.825. The molecule has 0 aliphatic carbocycles. The fourth-order valence-electron chi connectivity index (χ4n) is 2.30. The zero-order valence-electron chi connectivity index (χ0n) is 14.0. The van der Waals surface area contributed by atoms with Crippen molar-refractivity contribution in [2.75, 3.05) is 5.75 Å². The lowest BCUT2D eigenvalue weighted by molar-refractivity contribution is -0.141. The number of unbranched alkanes of at least 4 members (excludes halogenated alkanes) is 1. The smallest absolute Gasteiger partial charge is 0.326 e. The lowest BCUT2D eigenvalue weighted by Crippen LogP contribution is -2.41. The third kappa shape index (κ3) is 4.45. The van der Waals surface area contributed by atoms with Crippen LogP contribution >= 0.6 is 23.1 Å². The summed E-state index contributed by atoms with van der Waals surface area (Å²) in [4.78, 5) is 33.9. The molecule has 8 heteroatoms. The highest BCUT2D eigenvalue weighted by Gasteiger charge is 2.20. The predicted molar refractivity (Wildman–Crippen MR) is 96.7 cm³/mol. The van der Waals surface area contributed by atoms with Crippen LogP contribution < -0.4 is 5.32 Å². The normalized spacial score (nSPS) is 12.3. The summed E-state index contributed by atoms with van der Waals surface area (Å²) in [5.74, 6) is -1.15. The Morgan fingerprint density at radius 3 is 2.79 bits per heavy atom. The van der Waals surface area contributed by atoms with E-state index in [0.717, 1.165) is 33.6 Å². The number of carbonyl (C=O) groups is 2. The minimum absolute atomic E-state index is 0.135. The van der Waals surface area contributed by atoms with E-state index in [1.165, 1.54) is 23.0 Å². The highest BCUT2D eigenvalue weighted by Crippen LogP contribution is 2.34. The van der Waals surface area contributed by atoms with Gasteiger partial charge in [-0.1, -0.05) is 31.5 Å². The van der Waals surface area contributed by atoms with Gasteiger partial charge in [0, 0.05) is 10.3 Å². The number of hydrogen-bond acceptors (Lipinski definition) is 6. The molecule has 0 saturated heterocycles. The number of carbonyl (C=O) groups excluding carboxylic acids is 1. The third-order valence-electron chi connectivity index (χ3n) is 3.75. The summed E-state index contributed by atoms with van der Waals surface area (Å²) in [5.41, 5.74) is 1.13. The number of nitrogens with zero attached hydrogens (tertiary/aromatic N) is 2. The second kappa shape index (κ2) is 8.43. The van der Waals surface area contributed by atoms with Crippen LogP contribution in [0.15, 0.2) is 11.4 Å². The first-order chi connectivity index (χ1) is 11.4. The number of carboxylic acid groups (broad SMARTS) is 1. The summed E-state index contributed by atoms with van der Waals surface area (Å²) in [6.07, 6.45) is 3.61. The van der Waals surface area contributed by atoms with E-state index in [2.05, 4.69) is 15.3 Å². The zero-order valence-corrected chi connectivity index (χ0v) is 15.6. The molecule has 0 spiro atoms. The average molecular weight is 367 g/mol. The highest BCUT2D eigenvalue weighted by atomic mass is 32.2. The molecule has 24 heavy (non-hydrogen) atoms. The van der Waals surface area contributed by atoms with Crippen LogP contribution in [0.2, 0.25) is 0 Å². The number of rotatable bonds is 8. The molecule has 0 aliphatic heterocycles. The molecule has 2 heterocycles. The number of aryl methyl sites for hydroxylation is 2. The van der Waals surface area contributed by atoms with Gasteiger partial charge in [0.2, 0.25) is 5.91 Å². The Bertz CT molecular complexity index is 745. The molecule has 6 nitrogen and oxygen atoms in total. The Morgan fingerprint density at radius 1 is 1.38 bits per heavy atom. The van der Waals surface area contributed by atoms with E-state index in [1.807, 2.05) is 20.8 Å². The quantitative estimate of drug-likeness (QED) is 0.550. The van der Waals surface area contributed by atoms with Crippen molar-refractivity contribution in [2.45, 2.75) is 51.1 Å². The molecule has 130 valence electrons. The summed E-state index contributed by atoms with van der Waals surface area (Å²) < 4.78 is 0. The van der Waals surface area contributed by atoms with Gasteiger partial charge in [0.25, 0.3) is 0 Å². The molecule has 1 amide bonds. The van der Waals surface area contributed by atoms with Crippen molar-refractivity contribution in [1.82, 2.24) is 15.3 Å². The lowest BCUT2D eigenvalue weighted by Gasteiger charge is -2.13. The van der Waals surface area contributed by atoms with Crippen molar-refractivity contribution in [2.24, 2.45) is 0 Å². The number of carboxylic acids is 1. The number of thiophene rings is 1. The highest BCUT2D eigenvalue weighted by molar-refractivity contribution is 8.00. The molecule has 1 unspecified atom stereocenters. The molecular weight excluding hydrogens is 346 g/mol. The number of aromatic nitrogens is 2. The van der Waals surface area contributed by atoms with Crippen LogP contribution in [0.25, 0.3) is 10.2 Å². The average Bonchev–Trinajstić information content (AvgIpc) is 2.84. The van der Waals surface area contributed by atoms with Crippen LogP contribution in [0.3, 0.4) is 0 Å². The van der Waals surface area contributed by atoms with E-state index in [-0.39, 0.29) is 11.7 Å². The van der Waals surface area contributed by atoms with Crippen LogP contribution in [0, 0.1) is 13.8 Å². The Hall–Kier alpha value is -1.67. The van der Waals surface area contributed by atoms with Crippen molar-refractivity contribution >= 4 is 45.2 Å².